The molecule has 0 radical (unpaired) electrons. The normalized spacial score (nSPS) is 22.2. The standard InChI is InChI=1S/C16H26N2O/c1-13-6-4-5-11-18(13)12-16(17-2)14-7-9-15(19-3)10-8-14/h7-10,13,16-17H,4-6,11-12H2,1-3H3. The highest BCUT2D eigenvalue weighted by molar-refractivity contribution is 5.29. The Morgan fingerprint density at radius 2 is 2.05 bits per heavy atom. The molecule has 1 aliphatic heterocycles. The Morgan fingerprint density at radius 1 is 1.32 bits per heavy atom. The first-order chi connectivity index (χ1) is 9.24. The molecule has 0 bridgehead atoms. The van der Waals surface area contributed by atoms with Crippen LogP contribution in [0.4, 0.5) is 0 Å². The van der Waals surface area contributed by atoms with Gasteiger partial charge in [-0.2, -0.15) is 0 Å². The van der Waals surface area contributed by atoms with Crippen LogP contribution >= 0.6 is 0 Å². The predicted octanol–water partition coefficient (Wildman–Crippen LogP) is 2.83. The molecule has 0 saturated carbocycles. The molecule has 1 fully saturated rings. The summed E-state index contributed by atoms with van der Waals surface area (Å²) in [6, 6.07) is 9.51. The van der Waals surface area contributed by atoms with E-state index in [9.17, 15) is 0 Å². The lowest BCUT2D eigenvalue weighted by atomic mass is 10.0. The van der Waals surface area contributed by atoms with Gasteiger partial charge in [0.05, 0.1) is 7.11 Å². The summed E-state index contributed by atoms with van der Waals surface area (Å²) in [5, 5.41) is 3.44. The summed E-state index contributed by atoms with van der Waals surface area (Å²) in [6.07, 6.45) is 4.05. The molecule has 3 nitrogen and oxygen atoms in total. The summed E-state index contributed by atoms with van der Waals surface area (Å²) in [5.74, 6) is 0.921. The molecule has 1 aromatic rings. The largest absolute Gasteiger partial charge is 0.497 e. The Bertz CT molecular complexity index is 377. The van der Waals surface area contributed by atoms with Crippen molar-refractivity contribution in [1.29, 1.82) is 0 Å². The van der Waals surface area contributed by atoms with Gasteiger partial charge in [0, 0.05) is 18.6 Å². The van der Waals surface area contributed by atoms with Gasteiger partial charge in [-0.15, -0.1) is 0 Å². The van der Waals surface area contributed by atoms with Crippen LogP contribution in [0.3, 0.4) is 0 Å². The summed E-state index contributed by atoms with van der Waals surface area (Å²) >= 11 is 0. The first kappa shape index (κ1) is 14.4. The van der Waals surface area contributed by atoms with Gasteiger partial charge in [0.2, 0.25) is 0 Å². The number of methoxy groups -OCH3 is 1. The van der Waals surface area contributed by atoms with E-state index in [2.05, 4.69) is 29.3 Å². The third kappa shape index (κ3) is 3.71. The van der Waals surface area contributed by atoms with Crippen molar-refractivity contribution < 1.29 is 4.74 Å². The van der Waals surface area contributed by atoms with E-state index in [4.69, 9.17) is 4.74 Å². The highest BCUT2D eigenvalue weighted by atomic mass is 16.5. The van der Waals surface area contributed by atoms with Gasteiger partial charge in [-0.3, -0.25) is 4.90 Å². The van der Waals surface area contributed by atoms with Crippen molar-refractivity contribution in [3.63, 3.8) is 0 Å². The van der Waals surface area contributed by atoms with Crippen LogP contribution in [0.5, 0.6) is 5.75 Å². The second kappa shape index (κ2) is 6.92. The van der Waals surface area contributed by atoms with Crippen LogP contribution in [0.2, 0.25) is 0 Å². The van der Waals surface area contributed by atoms with Gasteiger partial charge in [-0.1, -0.05) is 18.6 Å². The molecule has 106 valence electrons. The maximum absolute atomic E-state index is 5.22. The molecule has 1 N–H and O–H groups in total. The summed E-state index contributed by atoms with van der Waals surface area (Å²) in [4.78, 5) is 2.61. The third-order valence-electron chi connectivity index (χ3n) is 4.22. The number of likely N-dealkylation sites (tertiary alicyclic amines) is 1. The van der Waals surface area contributed by atoms with Crippen molar-refractivity contribution in [2.75, 3.05) is 27.2 Å². The number of nitrogens with one attached hydrogen (secondary N) is 1. The first-order valence-corrected chi connectivity index (χ1v) is 7.30. The summed E-state index contributed by atoms with van der Waals surface area (Å²) in [6.45, 7) is 4.67. The molecule has 2 rings (SSSR count). The van der Waals surface area contributed by atoms with E-state index in [1.54, 1.807) is 7.11 Å². The van der Waals surface area contributed by atoms with E-state index in [1.807, 2.05) is 19.2 Å². The van der Waals surface area contributed by atoms with Gasteiger partial charge in [0.15, 0.2) is 0 Å². The molecule has 2 unspecified atom stereocenters. The lowest BCUT2D eigenvalue weighted by Crippen LogP contribution is -2.42. The van der Waals surface area contributed by atoms with Gasteiger partial charge in [0.1, 0.15) is 5.75 Å². The zero-order chi connectivity index (χ0) is 13.7. The Morgan fingerprint density at radius 3 is 2.63 bits per heavy atom. The maximum atomic E-state index is 5.22. The number of ether oxygens (including phenoxy) is 1. The average Bonchev–Trinajstić information content (AvgIpc) is 2.47. The van der Waals surface area contributed by atoms with Crippen molar-refractivity contribution >= 4 is 0 Å². The van der Waals surface area contributed by atoms with E-state index in [0.29, 0.717) is 12.1 Å². The average molecular weight is 262 g/mol. The number of piperidine rings is 1. The van der Waals surface area contributed by atoms with Crippen LogP contribution in [0, 0.1) is 0 Å². The Labute approximate surface area is 116 Å². The van der Waals surface area contributed by atoms with Gasteiger partial charge >= 0.3 is 0 Å². The smallest absolute Gasteiger partial charge is 0.118 e. The minimum absolute atomic E-state index is 0.395. The lowest BCUT2D eigenvalue weighted by Gasteiger charge is -2.36. The quantitative estimate of drug-likeness (QED) is 0.883. The van der Waals surface area contributed by atoms with Crippen LogP contribution in [0.25, 0.3) is 0 Å². The topological polar surface area (TPSA) is 24.5 Å². The van der Waals surface area contributed by atoms with E-state index < -0.39 is 0 Å². The van der Waals surface area contributed by atoms with E-state index >= 15 is 0 Å². The number of likely N-dealkylation sites (N-methyl/N-ethyl adjacent to an activating group) is 1. The van der Waals surface area contributed by atoms with Gasteiger partial charge in [-0.25, -0.2) is 0 Å². The number of hydrogen-bond donors (Lipinski definition) is 1. The fraction of sp³-hybridized carbons (Fsp3) is 0.625. The zero-order valence-electron chi connectivity index (χ0n) is 12.4. The highest BCUT2D eigenvalue weighted by Crippen LogP contribution is 2.22. The molecule has 19 heavy (non-hydrogen) atoms. The first-order valence-electron chi connectivity index (χ1n) is 7.30. The number of rotatable bonds is 5. The van der Waals surface area contributed by atoms with Crippen molar-refractivity contribution in [3.8, 4) is 5.75 Å². The molecule has 2 atom stereocenters. The van der Waals surface area contributed by atoms with Crippen LogP contribution < -0.4 is 10.1 Å². The molecule has 1 saturated heterocycles. The summed E-state index contributed by atoms with van der Waals surface area (Å²) in [5.41, 5.74) is 1.33. The summed E-state index contributed by atoms with van der Waals surface area (Å²) < 4.78 is 5.22. The van der Waals surface area contributed by atoms with Crippen molar-refractivity contribution in [2.45, 2.75) is 38.3 Å². The number of benzene rings is 1. The molecule has 0 spiro atoms. The van der Waals surface area contributed by atoms with Crippen LogP contribution in [0.1, 0.15) is 37.8 Å². The van der Waals surface area contributed by atoms with Gasteiger partial charge in [-0.05, 0) is 51.1 Å². The van der Waals surface area contributed by atoms with Gasteiger partial charge in [0.25, 0.3) is 0 Å². The Hall–Kier alpha value is -1.06. The van der Waals surface area contributed by atoms with E-state index in [0.717, 1.165) is 12.3 Å². The van der Waals surface area contributed by atoms with E-state index in [-0.39, 0.29) is 0 Å². The van der Waals surface area contributed by atoms with Crippen LogP contribution in [-0.4, -0.2) is 38.2 Å². The van der Waals surface area contributed by atoms with E-state index in [1.165, 1.54) is 31.4 Å². The second-order valence-electron chi connectivity index (χ2n) is 5.45. The second-order valence-corrected chi connectivity index (χ2v) is 5.45. The molecule has 1 aromatic carbocycles. The Kier molecular flexibility index (Phi) is 5.23. The summed E-state index contributed by atoms with van der Waals surface area (Å²) in [7, 11) is 3.75. The fourth-order valence-corrected chi connectivity index (χ4v) is 2.86. The molecule has 0 aromatic heterocycles. The number of hydrogen-bond acceptors (Lipinski definition) is 3. The minimum Gasteiger partial charge on any atom is -0.497 e. The molecule has 0 amide bonds. The van der Waals surface area contributed by atoms with Gasteiger partial charge < -0.3 is 10.1 Å². The minimum atomic E-state index is 0.395. The zero-order valence-corrected chi connectivity index (χ0v) is 12.4. The molecule has 1 aliphatic rings. The predicted molar refractivity (Wildman–Crippen MR) is 79.7 cm³/mol. The molecular weight excluding hydrogens is 236 g/mol. The Balaban J connectivity index is 2.01. The highest BCUT2D eigenvalue weighted by Gasteiger charge is 2.21. The van der Waals surface area contributed by atoms with Crippen molar-refractivity contribution in [2.24, 2.45) is 0 Å². The number of nitrogens with zero attached hydrogens (tertiary/aromatic N) is 1. The lowest BCUT2D eigenvalue weighted by molar-refractivity contribution is 0.146. The molecule has 3 heteroatoms. The van der Waals surface area contributed by atoms with Crippen LogP contribution in [0.15, 0.2) is 24.3 Å². The maximum Gasteiger partial charge on any atom is 0.118 e. The molecule has 0 aliphatic carbocycles. The molecule has 1 heterocycles. The monoisotopic (exact) mass is 262 g/mol. The SMILES string of the molecule is CNC(CN1CCCCC1C)c1ccc(OC)cc1. The van der Waals surface area contributed by atoms with Crippen LogP contribution in [-0.2, 0) is 0 Å². The van der Waals surface area contributed by atoms with Crippen molar-refractivity contribution in [3.05, 3.63) is 29.8 Å². The fourth-order valence-electron chi connectivity index (χ4n) is 2.86. The van der Waals surface area contributed by atoms with Crippen molar-refractivity contribution in [1.82, 2.24) is 10.2 Å². The molecular formula is C16H26N2O. The third-order valence-corrected chi connectivity index (χ3v) is 4.22.